The third-order valence-corrected chi connectivity index (χ3v) is 4.08. The molecule has 0 atom stereocenters. The Morgan fingerprint density at radius 3 is 2.48 bits per heavy atom. The van der Waals surface area contributed by atoms with Crippen molar-refractivity contribution in [1.29, 1.82) is 0 Å². The maximum Gasteiger partial charge on any atom is 0.418 e. The average Bonchev–Trinajstić information content (AvgIpc) is 2.65. The van der Waals surface area contributed by atoms with Crippen molar-refractivity contribution < 1.29 is 22.7 Å². The number of methoxy groups -OCH3 is 1. The highest BCUT2D eigenvalue weighted by atomic mass is 19.4. The first-order valence-corrected chi connectivity index (χ1v) is 7.94. The van der Waals surface area contributed by atoms with Crippen molar-refractivity contribution in [2.45, 2.75) is 12.7 Å². The molecule has 0 saturated carbocycles. The van der Waals surface area contributed by atoms with Gasteiger partial charge in [-0.05, 0) is 29.8 Å². The number of amides is 1. The maximum atomic E-state index is 13.1. The van der Waals surface area contributed by atoms with E-state index >= 15 is 0 Å². The second-order valence-electron chi connectivity index (χ2n) is 5.79. The lowest BCUT2D eigenvalue weighted by Crippen LogP contribution is -2.28. The van der Waals surface area contributed by atoms with E-state index < -0.39 is 23.1 Å². The quantitative estimate of drug-likeness (QED) is 0.732. The zero-order valence-electron chi connectivity index (χ0n) is 14.2. The summed E-state index contributed by atoms with van der Waals surface area (Å²) in [6, 6.07) is 10.2. The van der Waals surface area contributed by atoms with E-state index in [0.29, 0.717) is 5.75 Å². The van der Waals surface area contributed by atoms with Gasteiger partial charge in [0.2, 0.25) is 5.43 Å². The summed E-state index contributed by atoms with van der Waals surface area (Å²) in [5, 5.41) is 2.39. The zero-order chi connectivity index (χ0) is 19.6. The van der Waals surface area contributed by atoms with Gasteiger partial charge < -0.3 is 15.0 Å². The lowest BCUT2D eigenvalue weighted by Gasteiger charge is -2.11. The van der Waals surface area contributed by atoms with E-state index in [-0.39, 0.29) is 23.0 Å². The second kappa shape index (κ2) is 7.14. The maximum absolute atomic E-state index is 13.1. The number of hydrogen-bond acceptors (Lipinski definition) is 3. The SMILES string of the molecule is COc1ccc(CNC(=O)c2c[nH]c3c(C(F)(F)F)cccc3c2=O)cc1. The summed E-state index contributed by atoms with van der Waals surface area (Å²) >= 11 is 0. The minimum absolute atomic E-state index is 0.156. The van der Waals surface area contributed by atoms with Crippen molar-refractivity contribution in [3.63, 3.8) is 0 Å². The Morgan fingerprint density at radius 1 is 1.15 bits per heavy atom. The first-order chi connectivity index (χ1) is 12.8. The van der Waals surface area contributed by atoms with Crippen LogP contribution >= 0.6 is 0 Å². The minimum Gasteiger partial charge on any atom is -0.497 e. The third kappa shape index (κ3) is 3.79. The predicted octanol–water partition coefficient (Wildman–Crippen LogP) is 3.49. The number of halogens is 3. The van der Waals surface area contributed by atoms with Crippen molar-refractivity contribution in [3.8, 4) is 5.75 Å². The molecule has 0 aliphatic carbocycles. The summed E-state index contributed by atoms with van der Waals surface area (Å²) in [7, 11) is 1.53. The van der Waals surface area contributed by atoms with Crippen LogP contribution in [0.25, 0.3) is 10.9 Å². The number of H-pyrrole nitrogens is 1. The van der Waals surface area contributed by atoms with Gasteiger partial charge in [0.05, 0.1) is 18.2 Å². The molecule has 0 aliphatic heterocycles. The molecule has 0 saturated heterocycles. The van der Waals surface area contributed by atoms with Gasteiger partial charge in [-0.2, -0.15) is 13.2 Å². The van der Waals surface area contributed by atoms with Gasteiger partial charge in [-0.25, -0.2) is 0 Å². The number of fused-ring (bicyclic) bond motifs is 1. The number of carbonyl (C=O) groups excluding carboxylic acids is 1. The highest BCUT2D eigenvalue weighted by Gasteiger charge is 2.33. The van der Waals surface area contributed by atoms with Crippen LogP contribution in [0.4, 0.5) is 13.2 Å². The highest BCUT2D eigenvalue weighted by Crippen LogP contribution is 2.32. The molecule has 5 nitrogen and oxygen atoms in total. The van der Waals surface area contributed by atoms with E-state index in [1.807, 2.05) is 0 Å². The molecule has 0 bridgehead atoms. The zero-order valence-corrected chi connectivity index (χ0v) is 14.2. The molecule has 2 aromatic carbocycles. The van der Waals surface area contributed by atoms with Gasteiger partial charge in [0, 0.05) is 18.1 Å². The predicted molar refractivity (Wildman–Crippen MR) is 93.7 cm³/mol. The van der Waals surface area contributed by atoms with E-state index in [4.69, 9.17) is 4.74 Å². The summed E-state index contributed by atoms with van der Waals surface area (Å²) in [5.41, 5.74) is -1.54. The number of nitrogens with one attached hydrogen (secondary N) is 2. The summed E-state index contributed by atoms with van der Waals surface area (Å²) in [6.07, 6.45) is -3.61. The largest absolute Gasteiger partial charge is 0.497 e. The molecule has 0 radical (unpaired) electrons. The minimum atomic E-state index is -4.61. The van der Waals surface area contributed by atoms with Crippen molar-refractivity contribution in [3.05, 3.63) is 75.6 Å². The number of carbonyl (C=O) groups is 1. The van der Waals surface area contributed by atoms with Gasteiger partial charge in [-0.1, -0.05) is 18.2 Å². The number of benzene rings is 2. The van der Waals surface area contributed by atoms with Crippen LogP contribution in [0.2, 0.25) is 0 Å². The average molecular weight is 376 g/mol. The Balaban J connectivity index is 1.87. The lowest BCUT2D eigenvalue weighted by molar-refractivity contribution is -0.136. The van der Waals surface area contributed by atoms with Crippen molar-refractivity contribution in [2.24, 2.45) is 0 Å². The highest BCUT2D eigenvalue weighted by molar-refractivity contribution is 5.97. The molecule has 0 spiro atoms. The molecule has 1 aromatic heterocycles. The number of hydrogen-bond donors (Lipinski definition) is 2. The number of aromatic nitrogens is 1. The number of para-hydroxylation sites is 1. The fourth-order valence-corrected chi connectivity index (χ4v) is 2.68. The van der Waals surface area contributed by atoms with Gasteiger partial charge in [-0.15, -0.1) is 0 Å². The molecule has 3 aromatic rings. The summed E-state index contributed by atoms with van der Waals surface area (Å²) < 4.78 is 44.2. The van der Waals surface area contributed by atoms with E-state index in [0.717, 1.165) is 23.9 Å². The molecule has 140 valence electrons. The molecule has 1 heterocycles. The fraction of sp³-hybridized carbons (Fsp3) is 0.158. The third-order valence-electron chi connectivity index (χ3n) is 4.08. The Bertz CT molecular complexity index is 1040. The Kier molecular flexibility index (Phi) is 4.89. The number of alkyl halides is 3. The monoisotopic (exact) mass is 376 g/mol. The Labute approximate surface area is 151 Å². The van der Waals surface area contributed by atoms with Crippen LogP contribution in [0.15, 0.2) is 53.5 Å². The molecule has 3 rings (SSSR count). The number of ether oxygens (including phenoxy) is 1. The molecule has 2 N–H and O–H groups in total. The Hall–Kier alpha value is -3.29. The molecular weight excluding hydrogens is 361 g/mol. The smallest absolute Gasteiger partial charge is 0.418 e. The van der Waals surface area contributed by atoms with Crippen molar-refractivity contribution in [2.75, 3.05) is 7.11 Å². The number of aromatic amines is 1. The van der Waals surface area contributed by atoms with E-state index in [2.05, 4.69) is 10.3 Å². The van der Waals surface area contributed by atoms with Gasteiger partial charge in [0.15, 0.2) is 0 Å². The Morgan fingerprint density at radius 2 is 1.85 bits per heavy atom. The second-order valence-corrected chi connectivity index (χ2v) is 5.79. The summed E-state index contributed by atoms with van der Waals surface area (Å²) in [5.74, 6) is -0.0112. The van der Waals surface area contributed by atoms with Gasteiger partial charge in [-0.3, -0.25) is 9.59 Å². The van der Waals surface area contributed by atoms with E-state index in [1.165, 1.54) is 13.2 Å². The van der Waals surface area contributed by atoms with E-state index in [1.54, 1.807) is 24.3 Å². The van der Waals surface area contributed by atoms with Crippen LogP contribution in [-0.2, 0) is 12.7 Å². The summed E-state index contributed by atoms with van der Waals surface area (Å²) in [4.78, 5) is 27.2. The fourth-order valence-electron chi connectivity index (χ4n) is 2.68. The van der Waals surface area contributed by atoms with Crippen molar-refractivity contribution in [1.82, 2.24) is 10.3 Å². The van der Waals surface area contributed by atoms with Crippen LogP contribution in [-0.4, -0.2) is 18.0 Å². The van der Waals surface area contributed by atoms with Gasteiger partial charge in [0.1, 0.15) is 11.3 Å². The molecule has 0 fully saturated rings. The standard InChI is InChI=1S/C19H15F3N2O3/c1-27-12-7-5-11(6-8-12)9-24-18(26)14-10-23-16-13(17(14)25)3-2-4-15(16)19(20,21)22/h2-8,10H,9H2,1H3,(H,23,25)(H,24,26). The molecule has 0 aliphatic rings. The number of pyridine rings is 1. The first kappa shape index (κ1) is 18.5. The molecule has 27 heavy (non-hydrogen) atoms. The topological polar surface area (TPSA) is 71.2 Å². The van der Waals surface area contributed by atoms with Crippen LogP contribution in [0.1, 0.15) is 21.5 Å². The van der Waals surface area contributed by atoms with Gasteiger partial charge in [0.25, 0.3) is 5.91 Å². The van der Waals surface area contributed by atoms with Crippen LogP contribution in [0.3, 0.4) is 0 Å². The number of rotatable bonds is 4. The van der Waals surface area contributed by atoms with Gasteiger partial charge >= 0.3 is 6.18 Å². The summed E-state index contributed by atoms with van der Waals surface area (Å²) in [6.45, 7) is 0.156. The molecule has 8 heteroatoms. The van der Waals surface area contributed by atoms with Crippen LogP contribution < -0.4 is 15.5 Å². The lowest BCUT2D eigenvalue weighted by atomic mass is 10.1. The van der Waals surface area contributed by atoms with Crippen LogP contribution in [0, 0.1) is 0 Å². The normalized spacial score (nSPS) is 11.4. The first-order valence-electron chi connectivity index (χ1n) is 7.94. The molecular formula is C19H15F3N2O3. The van der Waals surface area contributed by atoms with E-state index in [9.17, 15) is 22.8 Å². The molecule has 1 amide bonds. The van der Waals surface area contributed by atoms with Crippen LogP contribution in [0.5, 0.6) is 5.75 Å². The molecule has 0 unspecified atom stereocenters. The van der Waals surface area contributed by atoms with Crippen molar-refractivity contribution >= 4 is 16.8 Å².